The Morgan fingerprint density at radius 2 is 1.73 bits per heavy atom. The van der Waals surface area contributed by atoms with Crippen LogP contribution < -0.4 is 24.3 Å². The first-order valence-corrected chi connectivity index (χ1v) is 8.52. The van der Waals surface area contributed by atoms with Crippen molar-refractivity contribution in [2.75, 3.05) is 27.4 Å². The van der Waals surface area contributed by atoms with Gasteiger partial charge in [-0.05, 0) is 30.7 Å². The van der Waals surface area contributed by atoms with Crippen LogP contribution in [0.4, 0.5) is 0 Å². The maximum absolute atomic E-state index is 12.3. The van der Waals surface area contributed by atoms with Crippen molar-refractivity contribution in [3.05, 3.63) is 48.5 Å². The highest BCUT2D eigenvalue weighted by Crippen LogP contribution is 2.27. The molecule has 2 aromatic rings. The number of ether oxygens (including phenoxy) is 4. The number of hydrogen-bond acceptors (Lipinski definition) is 5. The predicted molar refractivity (Wildman–Crippen MR) is 99.2 cm³/mol. The molecule has 2 rings (SSSR count). The smallest absolute Gasteiger partial charge is 0.261 e. The largest absolute Gasteiger partial charge is 0.497 e. The summed E-state index contributed by atoms with van der Waals surface area (Å²) in [5.41, 5.74) is 0. The molecule has 0 aromatic heterocycles. The second-order valence-electron chi connectivity index (χ2n) is 5.48. The molecule has 0 bridgehead atoms. The average Bonchev–Trinajstić information content (AvgIpc) is 2.69. The van der Waals surface area contributed by atoms with Gasteiger partial charge in [-0.25, -0.2) is 0 Å². The number of methoxy groups -OCH3 is 2. The standard InChI is InChI=1S/C20H25NO5/c1-4-17(26-19-11-6-5-10-18(19)24-3)20(22)21-12-13-25-16-9-7-8-15(14-16)23-2/h5-11,14,17H,4,12-13H2,1-3H3,(H,21,22). The van der Waals surface area contributed by atoms with Crippen LogP contribution in [0.15, 0.2) is 48.5 Å². The van der Waals surface area contributed by atoms with Gasteiger partial charge in [0.2, 0.25) is 0 Å². The Kier molecular flexibility index (Phi) is 7.61. The Morgan fingerprint density at radius 1 is 1.00 bits per heavy atom. The zero-order chi connectivity index (χ0) is 18.8. The maximum atomic E-state index is 12.3. The van der Waals surface area contributed by atoms with Crippen molar-refractivity contribution in [2.24, 2.45) is 0 Å². The molecule has 1 amide bonds. The SMILES string of the molecule is CCC(Oc1ccccc1OC)C(=O)NCCOc1cccc(OC)c1. The van der Waals surface area contributed by atoms with Crippen LogP contribution in [0, 0.1) is 0 Å². The van der Waals surface area contributed by atoms with E-state index in [1.807, 2.05) is 37.3 Å². The zero-order valence-corrected chi connectivity index (χ0v) is 15.4. The van der Waals surface area contributed by atoms with E-state index in [2.05, 4.69) is 5.32 Å². The first kappa shape index (κ1) is 19.4. The first-order chi connectivity index (χ1) is 12.7. The summed E-state index contributed by atoms with van der Waals surface area (Å²) in [6.07, 6.45) is -0.0520. The van der Waals surface area contributed by atoms with Crippen LogP contribution in [-0.4, -0.2) is 39.4 Å². The van der Waals surface area contributed by atoms with E-state index in [1.165, 1.54) is 0 Å². The van der Waals surface area contributed by atoms with E-state index in [1.54, 1.807) is 32.4 Å². The van der Waals surface area contributed by atoms with E-state index in [0.717, 1.165) is 5.75 Å². The minimum Gasteiger partial charge on any atom is -0.497 e. The summed E-state index contributed by atoms with van der Waals surface area (Å²) in [6, 6.07) is 14.6. The fraction of sp³-hybridized carbons (Fsp3) is 0.350. The number of hydrogen-bond donors (Lipinski definition) is 1. The monoisotopic (exact) mass is 359 g/mol. The number of amides is 1. The number of benzene rings is 2. The zero-order valence-electron chi connectivity index (χ0n) is 15.4. The fourth-order valence-electron chi connectivity index (χ4n) is 2.34. The summed E-state index contributed by atoms with van der Waals surface area (Å²) in [5, 5.41) is 2.83. The molecule has 0 saturated carbocycles. The molecule has 6 heteroatoms. The lowest BCUT2D eigenvalue weighted by atomic mass is 10.2. The molecule has 1 atom stereocenters. The molecule has 0 aliphatic heterocycles. The molecule has 0 aliphatic rings. The van der Waals surface area contributed by atoms with E-state index in [4.69, 9.17) is 18.9 Å². The highest BCUT2D eigenvalue weighted by molar-refractivity contribution is 5.81. The van der Waals surface area contributed by atoms with Crippen molar-refractivity contribution >= 4 is 5.91 Å². The van der Waals surface area contributed by atoms with Gasteiger partial charge >= 0.3 is 0 Å². The summed E-state index contributed by atoms with van der Waals surface area (Å²) in [6.45, 7) is 2.62. The first-order valence-electron chi connectivity index (χ1n) is 8.52. The van der Waals surface area contributed by atoms with E-state index in [-0.39, 0.29) is 5.91 Å². The van der Waals surface area contributed by atoms with E-state index in [0.29, 0.717) is 36.8 Å². The molecule has 1 N–H and O–H groups in total. The molecule has 0 heterocycles. The topological polar surface area (TPSA) is 66.0 Å². The minimum absolute atomic E-state index is 0.187. The number of rotatable bonds is 10. The summed E-state index contributed by atoms with van der Waals surface area (Å²) < 4.78 is 21.8. The average molecular weight is 359 g/mol. The molecular formula is C20H25NO5. The minimum atomic E-state index is -0.594. The predicted octanol–water partition coefficient (Wildman–Crippen LogP) is 3.06. The van der Waals surface area contributed by atoms with Gasteiger partial charge in [0.15, 0.2) is 17.6 Å². The molecule has 0 radical (unpaired) electrons. The maximum Gasteiger partial charge on any atom is 0.261 e. The van der Waals surface area contributed by atoms with Crippen LogP contribution in [0.5, 0.6) is 23.0 Å². The van der Waals surface area contributed by atoms with Crippen LogP contribution in [0.25, 0.3) is 0 Å². The Balaban J connectivity index is 1.81. The summed E-state index contributed by atoms with van der Waals surface area (Å²) in [4.78, 5) is 12.3. The molecule has 0 fully saturated rings. The van der Waals surface area contributed by atoms with Crippen molar-refractivity contribution in [3.8, 4) is 23.0 Å². The summed E-state index contributed by atoms with van der Waals surface area (Å²) >= 11 is 0. The second-order valence-corrected chi connectivity index (χ2v) is 5.48. The molecule has 0 spiro atoms. The van der Waals surface area contributed by atoms with Crippen molar-refractivity contribution < 1.29 is 23.7 Å². The van der Waals surface area contributed by atoms with Gasteiger partial charge in [0, 0.05) is 6.07 Å². The van der Waals surface area contributed by atoms with Gasteiger partial charge in [-0.1, -0.05) is 25.1 Å². The Hall–Kier alpha value is -2.89. The van der Waals surface area contributed by atoms with Crippen LogP contribution in [0.3, 0.4) is 0 Å². The van der Waals surface area contributed by atoms with Crippen molar-refractivity contribution in [1.82, 2.24) is 5.32 Å². The van der Waals surface area contributed by atoms with E-state index < -0.39 is 6.10 Å². The second kappa shape index (κ2) is 10.2. The fourth-order valence-corrected chi connectivity index (χ4v) is 2.34. The van der Waals surface area contributed by atoms with Gasteiger partial charge in [-0.3, -0.25) is 4.79 Å². The molecule has 0 saturated heterocycles. The summed E-state index contributed by atoms with van der Waals surface area (Å²) in [5.74, 6) is 2.37. The van der Waals surface area contributed by atoms with Gasteiger partial charge in [0.05, 0.1) is 20.8 Å². The van der Waals surface area contributed by atoms with Gasteiger partial charge in [-0.15, -0.1) is 0 Å². The molecule has 2 aromatic carbocycles. The number of para-hydroxylation sites is 2. The Bertz CT molecular complexity index is 704. The third-order valence-corrected chi connectivity index (χ3v) is 3.71. The number of nitrogens with one attached hydrogen (secondary N) is 1. The van der Waals surface area contributed by atoms with Crippen molar-refractivity contribution in [3.63, 3.8) is 0 Å². The van der Waals surface area contributed by atoms with Gasteiger partial charge in [0.25, 0.3) is 5.91 Å². The van der Waals surface area contributed by atoms with Crippen LogP contribution in [0.1, 0.15) is 13.3 Å². The normalized spacial score (nSPS) is 11.3. The van der Waals surface area contributed by atoms with Crippen molar-refractivity contribution in [2.45, 2.75) is 19.4 Å². The van der Waals surface area contributed by atoms with Crippen LogP contribution in [-0.2, 0) is 4.79 Å². The third kappa shape index (κ3) is 5.58. The van der Waals surface area contributed by atoms with Crippen molar-refractivity contribution in [1.29, 1.82) is 0 Å². The number of carbonyl (C=O) groups excluding carboxylic acids is 1. The molecule has 1 unspecified atom stereocenters. The Labute approximate surface area is 154 Å². The van der Waals surface area contributed by atoms with E-state index >= 15 is 0 Å². The van der Waals surface area contributed by atoms with Gasteiger partial charge in [-0.2, -0.15) is 0 Å². The molecule has 26 heavy (non-hydrogen) atoms. The highest BCUT2D eigenvalue weighted by atomic mass is 16.5. The third-order valence-electron chi connectivity index (χ3n) is 3.71. The molecule has 6 nitrogen and oxygen atoms in total. The lowest BCUT2D eigenvalue weighted by molar-refractivity contribution is -0.128. The van der Waals surface area contributed by atoms with E-state index in [9.17, 15) is 4.79 Å². The highest BCUT2D eigenvalue weighted by Gasteiger charge is 2.19. The van der Waals surface area contributed by atoms with Crippen LogP contribution in [0.2, 0.25) is 0 Å². The quantitative estimate of drug-likeness (QED) is 0.661. The lowest BCUT2D eigenvalue weighted by Crippen LogP contribution is -2.39. The molecular weight excluding hydrogens is 334 g/mol. The lowest BCUT2D eigenvalue weighted by Gasteiger charge is -2.19. The number of carbonyl (C=O) groups is 1. The Morgan fingerprint density at radius 3 is 2.42 bits per heavy atom. The molecule has 0 aliphatic carbocycles. The summed E-state index contributed by atoms with van der Waals surface area (Å²) in [7, 11) is 3.17. The molecule has 140 valence electrons. The van der Waals surface area contributed by atoms with Gasteiger partial charge in [0.1, 0.15) is 18.1 Å². The van der Waals surface area contributed by atoms with Crippen LogP contribution >= 0.6 is 0 Å². The van der Waals surface area contributed by atoms with Gasteiger partial charge < -0.3 is 24.3 Å².